The van der Waals surface area contributed by atoms with Crippen molar-refractivity contribution in [1.82, 2.24) is 0 Å². The molecule has 2 atom stereocenters. The molecule has 0 aliphatic heterocycles. The Morgan fingerprint density at radius 3 is 1.70 bits per heavy atom. The molecule has 0 heterocycles. The highest BCUT2D eigenvalue weighted by molar-refractivity contribution is 7.47. The van der Waals surface area contributed by atoms with Gasteiger partial charge in [0.2, 0.25) is 0 Å². The number of carbonyl (C=O) groups excluding carboxylic acids is 1. The summed E-state index contributed by atoms with van der Waals surface area (Å²) in [4.78, 5) is 22.2. The van der Waals surface area contributed by atoms with Crippen molar-refractivity contribution in [1.29, 1.82) is 0 Å². The van der Waals surface area contributed by atoms with Gasteiger partial charge in [0, 0.05) is 13.0 Å². The molecule has 50 heavy (non-hydrogen) atoms. The standard InChI is InChI=1S/C41H76NO7P/c1-3-5-7-9-11-13-15-17-19-21-23-25-27-29-31-33-36-46-40(39-49-50(44,45)48-37-35-42)38-47-41(43)34-32-30-28-26-24-22-20-18-16-14-12-10-8-6-4-2/h6,8,12,14,18,20,33,36,40H,3-5,7,9-11,13,15-17,19,21-32,34-35,37-39,42H2,1-2H3,(H,44,45). The Balaban J connectivity index is 4.14. The topological polar surface area (TPSA) is 117 Å². The van der Waals surface area contributed by atoms with E-state index in [1.807, 2.05) is 6.08 Å². The highest BCUT2D eigenvalue weighted by Crippen LogP contribution is 2.43. The van der Waals surface area contributed by atoms with Crippen molar-refractivity contribution in [2.24, 2.45) is 5.73 Å². The summed E-state index contributed by atoms with van der Waals surface area (Å²) in [6.45, 7) is 4.08. The van der Waals surface area contributed by atoms with Crippen LogP contribution in [0.25, 0.3) is 0 Å². The van der Waals surface area contributed by atoms with Crippen molar-refractivity contribution in [3.05, 3.63) is 48.8 Å². The molecule has 0 aromatic heterocycles. The number of ether oxygens (including phenoxy) is 2. The lowest BCUT2D eigenvalue weighted by Crippen LogP contribution is -2.25. The van der Waals surface area contributed by atoms with Crippen molar-refractivity contribution < 1.29 is 32.8 Å². The zero-order chi connectivity index (χ0) is 36.6. The van der Waals surface area contributed by atoms with E-state index in [0.29, 0.717) is 6.42 Å². The first-order chi connectivity index (χ1) is 24.4. The molecule has 0 aliphatic carbocycles. The molecule has 0 saturated carbocycles. The largest absolute Gasteiger partial charge is 0.492 e. The van der Waals surface area contributed by atoms with Gasteiger partial charge in [-0.1, -0.05) is 153 Å². The van der Waals surface area contributed by atoms with Gasteiger partial charge in [-0.05, 0) is 57.4 Å². The van der Waals surface area contributed by atoms with Crippen LogP contribution in [0.2, 0.25) is 0 Å². The maximum Gasteiger partial charge on any atom is 0.472 e. The van der Waals surface area contributed by atoms with Crippen molar-refractivity contribution in [2.75, 3.05) is 26.4 Å². The van der Waals surface area contributed by atoms with Crippen LogP contribution >= 0.6 is 7.82 Å². The summed E-state index contributed by atoms with van der Waals surface area (Å²) in [5, 5.41) is 0. The van der Waals surface area contributed by atoms with Crippen LogP contribution in [0.4, 0.5) is 0 Å². The van der Waals surface area contributed by atoms with Crippen LogP contribution in [0.3, 0.4) is 0 Å². The molecule has 0 saturated heterocycles. The number of hydrogen-bond acceptors (Lipinski definition) is 7. The van der Waals surface area contributed by atoms with Crippen LogP contribution in [0, 0.1) is 0 Å². The van der Waals surface area contributed by atoms with Gasteiger partial charge in [0.1, 0.15) is 6.61 Å². The van der Waals surface area contributed by atoms with E-state index in [-0.39, 0.29) is 32.3 Å². The molecular weight excluding hydrogens is 649 g/mol. The molecule has 9 heteroatoms. The van der Waals surface area contributed by atoms with E-state index >= 15 is 0 Å². The fourth-order valence-electron chi connectivity index (χ4n) is 5.35. The molecule has 0 fully saturated rings. The van der Waals surface area contributed by atoms with Crippen LogP contribution in [0.5, 0.6) is 0 Å². The monoisotopic (exact) mass is 726 g/mol. The number of unbranched alkanes of at least 4 members (excludes halogenated alkanes) is 19. The predicted molar refractivity (Wildman–Crippen MR) is 210 cm³/mol. The molecular formula is C41H76NO7P. The van der Waals surface area contributed by atoms with Gasteiger partial charge in [-0.3, -0.25) is 13.8 Å². The number of esters is 1. The average Bonchev–Trinajstić information content (AvgIpc) is 3.11. The van der Waals surface area contributed by atoms with Gasteiger partial charge < -0.3 is 20.1 Å². The molecule has 2 unspecified atom stereocenters. The first kappa shape index (κ1) is 48.3. The Kier molecular flexibility index (Phi) is 37.2. The fourth-order valence-corrected chi connectivity index (χ4v) is 6.11. The van der Waals surface area contributed by atoms with Crippen molar-refractivity contribution in [3.63, 3.8) is 0 Å². The molecule has 3 N–H and O–H groups in total. The molecule has 8 nitrogen and oxygen atoms in total. The lowest BCUT2D eigenvalue weighted by Gasteiger charge is -2.19. The van der Waals surface area contributed by atoms with E-state index in [1.54, 1.807) is 6.26 Å². The third-order valence-corrected chi connectivity index (χ3v) is 9.33. The fraction of sp³-hybridized carbons (Fsp3) is 0.780. The number of phosphoric acid groups is 1. The van der Waals surface area contributed by atoms with Crippen molar-refractivity contribution >= 4 is 13.8 Å². The summed E-state index contributed by atoms with van der Waals surface area (Å²) in [7, 11) is -4.27. The smallest absolute Gasteiger partial charge is 0.472 e. The van der Waals surface area contributed by atoms with Gasteiger partial charge in [-0.15, -0.1) is 0 Å². The molecule has 0 spiro atoms. The number of nitrogens with two attached hydrogens (primary N) is 1. The minimum atomic E-state index is -4.27. The third kappa shape index (κ3) is 37.6. The van der Waals surface area contributed by atoms with E-state index in [1.165, 1.54) is 83.5 Å². The van der Waals surface area contributed by atoms with E-state index < -0.39 is 13.9 Å². The Morgan fingerprint density at radius 2 is 1.14 bits per heavy atom. The summed E-state index contributed by atoms with van der Waals surface area (Å²) < 4.78 is 33.1. The Morgan fingerprint density at radius 1 is 0.640 bits per heavy atom. The summed E-state index contributed by atoms with van der Waals surface area (Å²) in [5.74, 6) is -0.308. The number of rotatable bonds is 38. The maximum absolute atomic E-state index is 12.4. The second kappa shape index (κ2) is 38.5. The lowest BCUT2D eigenvalue weighted by molar-refractivity contribution is -0.147. The quantitative estimate of drug-likeness (QED) is 0.0212. The van der Waals surface area contributed by atoms with Gasteiger partial charge in [-0.2, -0.15) is 0 Å². The number of allylic oxidation sites excluding steroid dienone is 7. The average molecular weight is 726 g/mol. The van der Waals surface area contributed by atoms with Gasteiger partial charge in [0.05, 0.1) is 19.5 Å². The van der Waals surface area contributed by atoms with E-state index in [2.05, 4.69) is 50.3 Å². The molecule has 0 aromatic rings. The maximum atomic E-state index is 12.4. The summed E-state index contributed by atoms with van der Waals surface area (Å²) in [5.41, 5.74) is 5.35. The second-order valence-corrected chi connectivity index (χ2v) is 14.6. The van der Waals surface area contributed by atoms with E-state index in [9.17, 15) is 14.3 Å². The lowest BCUT2D eigenvalue weighted by atomic mass is 10.0. The zero-order valence-corrected chi connectivity index (χ0v) is 33.0. The van der Waals surface area contributed by atoms with Crippen LogP contribution in [0.1, 0.15) is 174 Å². The van der Waals surface area contributed by atoms with Gasteiger partial charge in [0.15, 0.2) is 6.10 Å². The summed E-state index contributed by atoms with van der Waals surface area (Å²) in [6, 6.07) is 0. The molecule has 0 radical (unpaired) electrons. The van der Waals surface area contributed by atoms with Gasteiger partial charge in [-0.25, -0.2) is 4.57 Å². The second-order valence-electron chi connectivity index (χ2n) is 13.2. The number of hydrogen-bond donors (Lipinski definition) is 2. The Hall–Kier alpha value is -1.70. The van der Waals surface area contributed by atoms with Gasteiger partial charge >= 0.3 is 13.8 Å². The van der Waals surface area contributed by atoms with Crippen LogP contribution in [-0.2, 0) is 27.9 Å². The van der Waals surface area contributed by atoms with Crippen LogP contribution in [-0.4, -0.2) is 43.3 Å². The predicted octanol–water partition coefficient (Wildman–Crippen LogP) is 12.0. The Labute approximate surface area is 307 Å². The first-order valence-electron chi connectivity index (χ1n) is 20.2. The van der Waals surface area contributed by atoms with E-state index in [4.69, 9.17) is 24.3 Å². The highest BCUT2D eigenvalue weighted by Gasteiger charge is 2.24. The normalized spacial score (nSPS) is 14.0. The highest BCUT2D eigenvalue weighted by atomic mass is 31.2. The van der Waals surface area contributed by atoms with Crippen molar-refractivity contribution in [2.45, 2.75) is 180 Å². The van der Waals surface area contributed by atoms with Crippen LogP contribution in [0.15, 0.2) is 48.8 Å². The molecule has 292 valence electrons. The van der Waals surface area contributed by atoms with Crippen molar-refractivity contribution in [3.8, 4) is 0 Å². The Bertz CT molecular complexity index is 905. The minimum absolute atomic E-state index is 0.0735. The summed E-state index contributed by atoms with van der Waals surface area (Å²) >= 11 is 0. The van der Waals surface area contributed by atoms with Crippen LogP contribution < -0.4 is 5.73 Å². The first-order valence-corrected chi connectivity index (χ1v) is 21.7. The SMILES string of the molecule is CCC=CCC=CCC=CCCCCCCCC(=O)OCC(COP(=O)(O)OCCN)OC=CCCCCCCCCCCCCCCCC. The molecule has 0 bridgehead atoms. The minimum Gasteiger partial charge on any atom is -0.492 e. The molecule has 0 rings (SSSR count). The zero-order valence-electron chi connectivity index (χ0n) is 32.1. The molecule has 0 aliphatic rings. The number of phosphoric ester groups is 1. The van der Waals surface area contributed by atoms with Gasteiger partial charge in [0.25, 0.3) is 0 Å². The number of carbonyl (C=O) groups is 1. The molecule has 0 amide bonds. The third-order valence-electron chi connectivity index (χ3n) is 8.35. The van der Waals surface area contributed by atoms with E-state index in [0.717, 1.165) is 70.6 Å². The summed E-state index contributed by atoms with van der Waals surface area (Å²) in [6.07, 6.45) is 45.1. The molecule has 0 aromatic carbocycles.